The van der Waals surface area contributed by atoms with Crippen LogP contribution in [0, 0.1) is 5.41 Å². The van der Waals surface area contributed by atoms with Gasteiger partial charge in [-0.05, 0) is 6.07 Å². The summed E-state index contributed by atoms with van der Waals surface area (Å²) in [7, 11) is 0. The van der Waals surface area contributed by atoms with Gasteiger partial charge in [0.25, 0.3) is 11.9 Å². The monoisotopic (exact) mass is 417 g/mol. The Hall–Kier alpha value is -3.69. The Bertz CT molecular complexity index is 1000. The van der Waals surface area contributed by atoms with Crippen LogP contribution in [0.2, 0.25) is 0 Å². The number of nitrogens with zero attached hydrogens (tertiary/aromatic N) is 2. The van der Waals surface area contributed by atoms with Crippen LogP contribution in [0.1, 0.15) is 24.0 Å². The summed E-state index contributed by atoms with van der Waals surface area (Å²) < 4.78 is 41.6. The molecule has 30 heavy (non-hydrogen) atoms. The molecule has 0 fully saturated rings. The number of nitrogens with one attached hydrogen (secondary N) is 2. The third-order valence-corrected chi connectivity index (χ3v) is 4.09. The Morgan fingerprint density at radius 1 is 1.17 bits per heavy atom. The molecule has 1 aliphatic heterocycles. The first-order valence-corrected chi connectivity index (χ1v) is 8.92. The summed E-state index contributed by atoms with van der Waals surface area (Å²) in [6.07, 6.45) is -7.69. The standard InChI is InChI=1S/C20H18F3N5O2/c21-20(22,23)11-10-15(24)30-19(25)28-17-18(29)26-14-9-5-4-8-13(14)16(27-17)12-6-2-1-3-7-12/h1-9,17,24H,10-11H2,(H2,25,28)(H,26,29). The molecule has 1 unspecified atom stereocenters. The van der Waals surface area contributed by atoms with Gasteiger partial charge in [0.05, 0.1) is 17.8 Å². The molecule has 0 aromatic heterocycles. The SMILES string of the molecule is N=C(CCC(F)(F)F)O/C(N)=N/C1N=C(c2ccccc2)c2ccccc2NC1=O. The molecule has 1 atom stereocenters. The summed E-state index contributed by atoms with van der Waals surface area (Å²) in [5.41, 5.74) is 8.02. The van der Waals surface area contributed by atoms with E-state index in [1.54, 1.807) is 24.3 Å². The van der Waals surface area contributed by atoms with Crippen LogP contribution in [0.25, 0.3) is 0 Å². The number of nitrogens with two attached hydrogens (primary N) is 1. The summed E-state index contributed by atoms with van der Waals surface area (Å²) in [4.78, 5) is 20.9. The Balaban J connectivity index is 1.88. The number of anilines is 1. The number of amides is 1. The van der Waals surface area contributed by atoms with Crippen molar-refractivity contribution in [3.63, 3.8) is 0 Å². The molecule has 1 amide bonds. The molecule has 3 rings (SSSR count). The summed E-state index contributed by atoms with van der Waals surface area (Å²) in [5.74, 6) is -1.31. The molecule has 0 saturated carbocycles. The van der Waals surface area contributed by atoms with E-state index >= 15 is 0 Å². The third-order valence-electron chi connectivity index (χ3n) is 4.09. The smallest absolute Gasteiger partial charge is 0.389 e. The number of rotatable bonds is 4. The Kier molecular flexibility index (Phi) is 6.14. The molecule has 7 nitrogen and oxygen atoms in total. The van der Waals surface area contributed by atoms with Gasteiger partial charge in [-0.15, -0.1) is 0 Å². The molecule has 1 aliphatic rings. The number of hydrogen-bond acceptors (Lipinski definition) is 5. The minimum atomic E-state index is -4.43. The number of alkyl halides is 3. The maximum Gasteiger partial charge on any atom is 0.389 e. The molecule has 2 aromatic rings. The zero-order valence-corrected chi connectivity index (χ0v) is 15.6. The fraction of sp³-hybridized carbons (Fsp3) is 0.200. The Morgan fingerprint density at radius 2 is 1.83 bits per heavy atom. The largest absolute Gasteiger partial charge is 0.412 e. The average Bonchev–Trinajstić information content (AvgIpc) is 2.83. The van der Waals surface area contributed by atoms with Crippen molar-refractivity contribution in [1.29, 1.82) is 5.41 Å². The van der Waals surface area contributed by atoms with Crippen molar-refractivity contribution in [2.75, 3.05) is 5.32 Å². The van der Waals surface area contributed by atoms with E-state index in [0.29, 0.717) is 17.0 Å². The molecule has 0 bridgehead atoms. The van der Waals surface area contributed by atoms with Gasteiger partial charge in [0.15, 0.2) is 5.90 Å². The van der Waals surface area contributed by atoms with E-state index in [2.05, 4.69) is 15.3 Å². The van der Waals surface area contributed by atoms with Gasteiger partial charge >= 0.3 is 6.18 Å². The lowest BCUT2D eigenvalue weighted by atomic mass is 10.0. The highest BCUT2D eigenvalue weighted by atomic mass is 19.4. The molecule has 0 saturated heterocycles. The topological polar surface area (TPSA) is 113 Å². The highest BCUT2D eigenvalue weighted by Crippen LogP contribution is 2.24. The van der Waals surface area contributed by atoms with Crippen LogP contribution in [0.15, 0.2) is 64.6 Å². The number of benzene rings is 2. The van der Waals surface area contributed by atoms with E-state index in [4.69, 9.17) is 15.9 Å². The molecule has 156 valence electrons. The van der Waals surface area contributed by atoms with Gasteiger partial charge in [0, 0.05) is 17.5 Å². The first kappa shape index (κ1) is 21.0. The second-order valence-corrected chi connectivity index (χ2v) is 6.36. The minimum absolute atomic E-state index is 0.484. The van der Waals surface area contributed by atoms with Gasteiger partial charge in [0.1, 0.15) is 0 Å². The molecule has 0 aliphatic carbocycles. The lowest BCUT2D eigenvalue weighted by Gasteiger charge is -2.10. The molecular weight excluding hydrogens is 399 g/mol. The molecular formula is C20H18F3N5O2. The maximum atomic E-state index is 12.6. The molecule has 2 aromatic carbocycles. The van der Waals surface area contributed by atoms with E-state index in [1.807, 2.05) is 30.3 Å². The van der Waals surface area contributed by atoms with Crippen LogP contribution in [0.3, 0.4) is 0 Å². The second kappa shape index (κ2) is 8.76. The number of ether oxygens (including phenoxy) is 1. The van der Waals surface area contributed by atoms with Crippen LogP contribution in [0.5, 0.6) is 0 Å². The van der Waals surface area contributed by atoms with Crippen molar-refractivity contribution in [1.82, 2.24) is 0 Å². The highest BCUT2D eigenvalue weighted by molar-refractivity contribution is 6.19. The van der Waals surface area contributed by atoms with Gasteiger partial charge in [-0.3, -0.25) is 10.2 Å². The quantitative estimate of drug-likeness (QED) is 0.523. The van der Waals surface area contributed by atoms with Crippen LogP contribution in [-0.2, 0) is 9.53 Å². The molecule has 0 spiro atoms. The van der Waals surface area contributed by atoms with Gasteiger partial charge in [-0.1, -0.05) is 48.5 Å². The number of amidine groups is 1. The molecule has 10 heteroatoms. The van der Waals surface area contributed by atoms with Gasteiger partial charge in [-0.25, -0.2) is 4.99 Å². The Morgan fingerprint density at radius 3 is 2.53 bits per heavy atom. The van der Waals surface area contributed by atoms with Crippen LogP contribution >= 0.6 is 0 Å². The summed E-state index contributed by atoms with van der Waals surface area (Å²) in [6, 6.07) is 15.5. The van der Waals surface area contributed by atoms with E-state index < -0.39 is 43.0 Å². The lowest BCUT2D eigenvalue weighted by molar-refractivity contribution is -0.133. The van der Waals surface area contributed by atoms with Crippen molar-refractivity contribution in [2.24, 2.45) is 15.7 Å². The number of aliphatic imine (C=N–C) groups is 2. The van der Waals surface area contributed by atoms with Gasteiger partial charge < -0.3 is 15.8 Å². The number of para-hydroxylation sites is 1. The number of halogens is 3. The molecule has 4 N–H and O–H groups in total. The fourth-order valence-electron chi connectivity index (χ4n) is 2.74. The van der Waals surface area contributed by atoms with Crippen LogP contribution in [0.4, 0.5) is 18.9 Å². The number of benzodiazepines with no additional fused rings is 1. The fourth-order valence-corrected chi connectivity index (χ4v) is 2.74. The number of hydrogen-bond donors (Lipinski definition) is 3. The first-order valence-electron chi connectivity index (χ1n) is 8.92. The lowest BCUT2D eigenvalue weighted by Crippen LogP contribution is -2.29. The van der Waals surface area contributed by atoms with E-state index in [-0.39, 0.29) is 0 Å². The van der Waals surface area contributed by atoms with Crippen molar-refractivity contribution < 1.29 is 22.7 Å². The number of fused-ring (bicyclic) bond motifs is 1. The Labute approximate surface area is 170 Å². The van der Waals surface area contributed by atoms with Crippen LogP contribution < -0.4 is 11.1 Å². The first-order chi connectivity index (χ1) is 14.2. The van der Waals surface area contributed by atoms with E-state index in [1.165, 1.54) is 0 Å². The molecule has 1 heterocycles. The van der Waals surface area contributed by atoms with Crippen molar-refractivity contribution in [3.05, 3.63) is 65.7 Å². The van der Waals surface area contributed by atoms with Crippen molar-refractivity contribution in [2.45, 2.75) is 25.2 Å². The zero-order valence-electron chi connectivity index (χ0n) is 15.6. The van der Waals surface area contributed by atoms with E-state index in [9.17, 15) is 18.0 Å². The summed E-state index contributed by atoms with van der Waals surface area (Å²) >= 11 is 0. The van der Waals surface area contributed by atoms with Crippen molar-refractivity contribution in [3.8, 4) is 0 Å². The zero-order chi connectivity index (χ0) is 21.7. The summed E-state index contributed by atoms with van der Waals surface area (Å²) in [5, 5.41) is 10.2. The van der Waals surface area contributed by atoms with E-state index in [0.717, 1.165) is 5.56 Å². The van der Waals surface area contributed by atoms with Gasteiger partial charge in [0.2, 0.25) is 6.17 Å². The minimum Gasteiger partial charge on any atom is -0.412 e. The summed E-state index contributed by atoms with van der Waals surface area (Å²) in [6.45, 7) is 0. The predicted octanol–water partition coefficient (Wildman–Crippen LogP) is 3.45. The number of carbonyl (C=O) groups is 1. The predicted molar refractivity (Wildman–Crippen MR) is 107 cm³/mol. The van der Waals surface area contributed by atoms with Crippen LogP contribution in [-0.4, -0.2) is 35.9 Å². The molecule has 0 radical (unpaired) electrons. The average molecular weight is 417 g/mol. The second-order valence-electron chi connectivity index (χ2n) is 6.36. The third kappa shape index (κ3) is 5.43. The normalized spacial score (nSPS) is 16.8. The van der Waals surface area contributed by atoms with Gasteiger partial charge in [-0.2, -0.15) is 18.2 Å². The highest BCUT2D eigenvalue weighted by Gasteiger charge is 2.28. The number of carbonyl (C=O) groups excluding carboxylic acids is 1. The maximum absolute atomic E-state index is 12.6. The van der Waals surface area contributed by atoms with Crippen molar-refractivity contribution >= 4 is 29.2 Å².